The van der Waals surface area contributed by atoms with Crippen LogP contribution in [0.1, 0.15) is 61.3 Å². The number of rotatable bonds is 6. The average molecular weight is 512 g/mol. The molecule has 1 rings (SSSR count). The lowest BCUT2D eigenvalue weighted by Crippen LogP contribution is -2.56. The van der Waals surface area contributed by atoms with Crippen molar-refractivity contribution in [1.82, 2.24) is 0 Å². The van der Waals surface area contributed by atoms with E-state index in [9.17, 15) is 4.79 Å². The maximum atomic E-state index is 12.6. The molecule has 0 N–H and O–H groups in total. The molecule has 0 saturated carbocycles. The zero-order chi connectivity index (χ0) is 21.3. The van der Waals surface area contributed by atoms with Gasteiger partial charge in [0.1, 0.15) is 0 Å². The second-order valence-electron chi connectivity index (χ2n) is 10.1. The highest BCUT2D eigenvalue weighted by Gasteiger charge is 2.51. The lowest BCUT2D eigenvalue weighted by molar-refractivity contribution is -0.166. The summed E-state index contributed by atoms with van der Waals surface area (Å²) < 4.78 is 18.0. The Hall–Kier alpha value is -0.153. The molecule has 7 heteroatoms. The van der Waals surface area contributed by atoms with E-state index in [0.29, 0.717) is 22.9 Å². The van der Waals surface area contributed by atoms with Crippen LogP contribution in [0.5, 0.6) is 0 Å². The maximum Gasteiger partial charge on any atom is 0.332 e. The zero-order valence-corrected chi connectivity index (χ0v) is 21.9. The van der Waals surface area contributed by atoms with E-state index >= 15 is 0 Å². The van der Waals surface area contributed by atoms with Gasteiger partial charge < -0.3 is 13.9 Å². The minimum Gasteiger partial charge on any atom is -0.481 e. The number of methoxy groups -OCH3 is 1. The van der Waals surface area contributed by atoms with Crippen LogP contribution in [0.25, 0.3) is 0 Å². The highest BCUT2D eigenvalue weighted by Crippen LogP contribution is 2.39. The van der Waals surface area contributed by atoms with Gasteiger partial charge in [-0.1, -0.05) is 64.1 Å². The van der Waals surface area contributed by atoms with Gasteiger partial charge in [-0.25, -0.2) is 9.79 Å². The number of carbonyl (C=O) groups is 1. The number of hydrogen-bond acceptors (Lipinski definition) is 5. The number of esters is 1. The summed E-state index contributed by atoms with van der Waals surface area (Å²) in [6.07, 6.45) is 1.49. The fraction of sp³-hybridized carbons (Fsp3) is 0.900. The van der Waals surface area contributed by atoms with Gasteiger partial charge in [0.25, 0.3) is 0 Å². The summed E-state index contributed by atoms with van der Waals surface area (Å²) in [5, 5.41) is 0.200. The molecule has 27 heavy (non-hydrogen) atoms. The van der Waals surface area contributed by atoms with E-state index in [2.05, 4.69) is 61.4 Å². The van der Waals surface area contributed by atoms with Gasteiger partial charge in [-0.05, 0) is 37.9 Å². The van der Waals surface area contributed by atoms with Crippen molar-refractivity contribution >= 4 is 42.8 Å². The van der Waals surface area contributed by atoms with E-state index < -0.39 is 20.0 Å². The van der Waals surface area contributed by atoms with E-state index in [1.807, 2.05) is 27.7 Å². The fourth-order valence-corrected chi connectivity index (χ4v) is 4.40. The first-order valence-corrected chi connectivity index (χ1v) is 13.8. The van der Waals surface area contributed by atoms with E-state index in [0.717, 1.165) is 6.42 Å². The number of halogens is 1. The van der Waals surface area contributed by atoms with Crippen molar-refractivity contribution in [2.75, 3.05) is 13.7 Å². The van der Waals surface area contributed by atoms with Crippen LogP contribution >= 0.6 is 22.6 Å². The number of carbonyl (C=O) groups excluding carboxylic acids is 1. The first-order chi connectivity index (χ1) is 12.0. The van der Waals surface area contributed by atoms with Crippen LogP contribution in [0, 0.1) is 5.41 Å². The maximum absolute atomic E-state index is 12.6. The van der Waals surface area contributed by atoms with Crippen molar-refractivity contribution < 1.29 is 18.7 Å². The molecule has 1 aliphatic rings. The third kappa shape index (κ3) is 5.92. The topological polar surface area (TPSA) is 57.1 Å². The summed E-state index contributed by atoms with van der Waals surface area (Å²) in [5.74, 6) is 0.240. The van der Waals surface area contributed by atoms with E-state index in [4.69, 9.17) is 13.9 Å². The normalized spacial score (nSPS) is 25.7. The predicted molar refractivity (Wildman–Crippen MR) is 122 cm³/mol. The molecule has 0 radical (unpaired) electrons. The van der Waals surface area contributed by atoms with Crippen LogP contribution in [-0.2, 0) is 18.7 Å². The largest absolute Gasteiger partial charge is 0.481 e. The molecule has 5 nitrogen and oxygen atoms in total. The summed E-state index contributed by atoms with van der Waals surface area (Å²) >= 11 is 2.41. The Labute approximate surface area is 180 Å². The Morgan fingerprint density at radius 2 is 1.81 bits per heavy atom. The SMILES string of the molecule is COC1=N[C@@H](CC[C@@H](I)CO[Si](C)(C)C(C)(C)C)C(=O)O[C@]1(C)C(C)(C)C. The molecule has 0 amide bonds. The lowest BCUT2D eigenvalue weighted by Gasteiger charge is -2.43. The molecular formula is C20H38INO4Si. The first-order valence-electron chi connectivity index (χ1n) is 9.68. The molecule has 3 atom stereocenters. The van der Waals surface area contributed by atoms with E-state index in [1.165, 1.54) is 0 Å². The van der Waals surface area contributed by atoms with Crippen LogP contribution in [0.2, 0.25) is 18.1 Å². The molecular weight excluding hydrogens is 473 g/mol. The lowest BCUT2D eigenvalue weighted by atomic mass is 9.76. The minimum atomic E-state index is -1.75. The summed E-state index contributed by atoms with van der Waals surface area (Å²) in [5.41, 5.74) is -1.14. The molecule has 0 aliphatic carbocycles. The fourth-order valence-electron chi connectivity index (χ4n) is 2.47. The summed E-state index contributed by atoms with van der Waals surface area (Å²) in [6.45, 7) is 19.9. The number of ether oxygens (including phenoxy) is 2. The van der Waals surface area contributed by atoms with Crippen LogP contribution in [-0.4, -0.2) is 49.5 Å². The van der Waals surface area contributed by atoms with E-state index in [-0.39, 0.29) is 16.4 Å². The van der Waals surface area contributed by atoms with Crippen molar-refractivity contribution in [1.29, 1.82) is 0 Å². The Kier molecular flexibility index (Phi) is 8.01. The molecule has 0 spiro atoms. The molecule has 1 aliphatic heterocycles. The molecule has 0 fully saturated rings. The van der Waals surface area contributed by atoms with Crippen molar-refractivity contribution in [2.45, 2.75) is 95.0 Å². The highest BCUT2D eigenvalue weighted by molar-refractivity contribution is 14.1. The van der Waals surface area contributed by atoms with Gasteiger partial charge in [0.05, 0.1) is 7.11 Å². The molecule has 0 aromatic carbocycles. The predicted octanol–water partition coefficient (Wildman–Crippen LogP) is 5.37. The molecule has 158 valence electrons. The van der Waals surface area contributed by atoms with Gasteiger partial charge in [0.2, 0.25) is 5.90 Å². The average Bonchev–Trinajstić information content (AvgIpc) is 2.50. The smallest absolute Gasteiger partial charge is 0.332 e. The van der Waals surface area contributed by atoms with Crippen LogP contribution in [0.3, 0.4) is 0 Å². The van der Waals surface area contributed by atoms with Gasteiger partial charge in [0, 0.05) is 15.9 Å². The molecule has 0 unspecified atom stereocenters. The Balaban J connectivity index is 2.72. The Morgan fingerprint density at radius 1 is 1.26 bits per heavy atom. The van der Waals surface area contributed by atoms with Gasteiger partial charge in [-0.15, -0.1) is 0 Å². The van der Waals surface area contributed by atoms with Crippen LogP contribution in [0.4, 0.5) is 0 Å². The first kappa shape index (κ1) is 24.9. The zero-order valence-electron chi connectivity index (χ0n) is 18.7. The molecule has 0 bridgehead atoms. The second-order valence-corrected chi connectivity index (χ2v) is 16.7. The summed E-state index contributed by atoms with van der Waals surface area (Å²) in [7, 11) is -0.160. The number of cyclic esters (lactones) is 1. The summed E-state index contributed by atoms with van der Waals surface area (Å²) in [6, 6.07) is -0.500. The molecule has 1 heterocycles. The Bertz CT molecular complexity index is 565. The minimum absolute atomic E-state index is 0.200. The molecule has 0 saturated heterocycles. The van der Waals surface area contributed by atoms with Crippen molar-refractivity contribution in [3.05, 3.63) is 0 Å². The number of aliphatic imine (C=N–C) groups is 1. The quantitative estimate of drug-likeness (QED) is 0.208. The molecule has 0 aromatic rings. The molecule has 0 aromatic heterocycles. The number of hydrogen-bond donors (Lipinski definition) is 0. The second kappa shape index (κ2) is 8.69. The third-order valence-electron chi connectivity index (χ3n) is 6.07. The van der Waals surface area contributed by atoms with Gasteiger partial charge in [-0.2, -0.15) is 0 Å². The standard InChI is InChI=1S/C20H38INO4Si/c1-18(2,3)20(7)17(24-8)22-15(16(23)26-20)12-11-14(21)13-25-27(9,10)19(4,5)6/h14-15H,11-13H2,1-10H3/t14-,15+,20+/m1/s1. The highest BCUT2D eigenvalue weighted by atomic mass is 127. The van der Waals surface area contributed by atoms with Crippen molar-refractivity contribution in [3.63, 3.8) is 0 Å². The van der Waals surface area contributed by atoms with Gasteiger partial charge >= 0.3 is 5.97 Å². The monoisotopic (exact) mass is 511 g/mol. The summed E-state index contributed by atoms with van der Waals surface area (Å²) in [4.78, 5) is 17.2. The van der Waals surface area contributed by atoms with Crippen molar-refractivity contribution in [3.8, 4) is 0 Å². The number of alkyl halides is 1. The third-order valence-corrected chi connectivity index (χ3v) is 11.6. The van der Waals surface area contributed by atoms with E-state index in [1.54, 1.807) is 7.11 Å². The number of nitrogens with zero attached hydrogens (tertiary/aromatic N) is 1. The van der Waals surface area contributed by atoms with Crippen LogP contribution in [0.15, 0.2) is 4.99 Å². The van der Waals surface area contributed by atoms with Gasteiger partial charge in [-0.3, -0.25) is 0 Å². The van der Waals surface area contributed by atoms with Gasteiger partial charge in [0.15, 0.2) is 20.0 Å². The van der Waals surface area contributed by atoms with Crippen LogP contribution < -0.4 is 0 Å². The Morgan fingerprint density at radius 3 is 2.26 bits per heavy atom. The van der Waals surface area contributed by atoms with Crippen molar-refractivity contribution in [2.24, 2.45) is 10.4 Å².